The molecule has 122 valence electrons. The molecular weight excluding hydrogens is 298 g/mol. The van der Waals surface area contributed by atoms with Gasteiger partial charge in [0.05, 0.1) is 12.3 Å². The SMILES string of the molecule is CCOC(=O)C(O)C(O)c1ccc2[nH]c3c(c2c1)CCCC3=O. The zero-order chi connectivity index (χ0) is 16.6. The van der Waals surface area contributed by atoms with E-state index >= 15 is 0 Å². The lowest BCUT2D eigenvalue weighted by Crippen LogP contribution is -2.29. The quantitative estimate of drug-likeness (QED) is 0.745. The number of aliphatic hydroxyl groups is 2. The van der Waals surface area contributed by atoms with E-state index in [2.05, 4.69) is 4.98 Å². The highest BCUT2D eigenvalue weighted by molar-refractivity contribution is 6.03. The number of benzene rings is 1. The molecule has 0 aliphatic heterocycles. The van der Waals surface area contributed by atoms with Crippen molar-refractivity contribution < 1.29 is 24.5 Å². The number of aromatic amines is 1. The summed E-state index contributed by atoms with van der Waals surface area (Å²) < 4.78 is 4.72. The van der Waals surface area contributed by atoms with E-state index in [0.29, 0.717) is 17.7 Å². The van der Waals surface area contributed by atoms with E-state index in [1.165, 1.54) is 0 Å². The molecule has 1 heterocycles. The van der Waals surface area contributed by atoms with Gasteiger partial charge in [0.15, 0.2) is 11.9 Å². The highest BCUT2D eigenvalue weighted by Gasteiger charge is 2.28. The van der Waals surface area contributed by atoms with Crippen LogP contribution in [0, 0.1) is 0 Å². The van der Waals surface area contributed by atoms with Crippen LogP contribution in [0.15, 0.2) is 18.2 Å². The zero-order valence-electron chi connectivity index (χ0n) is 12.8. The molecule has 1 aromatic heterocycles. The van der Waals surface area contributed by atoms with Crippen LogP contribution >= 0.6 is 0 Å². The predicted molar refractivity (Wildman–Crippen MR) is 83.2 cm³/mol. The van der Waals surface area contributed by atoms with Crippen LogP contribution in [0.4, 0.5) is 0 Å². The Kier molecular flexibility index (Phi) is 4.19. The smallest absolute Gasteiger partial charge is 0.338 e. The number of nitrogens with one attached hydrogen (secondary N) is 1. The van der Waals surface area contributed by atoms with Gasteiger partial charge in [0.1, 0.15) is 6.10 Å². The first-order valence-electron chi connectivity index (χ1n) is 7.73. The lowest BCUT2D eigenvalue weighted by atomic mass is 9.93. The van der Waals surface area contributed by atoms with E-state index in [-0.39, 0.29) is 12.4 Å². The molecule has 0 saturated heterocycles. The fourth-order valence-corrected chi connectivity index (χ4v) is 3.04. The summed E-state index contributed by atoms with van der Waals surface area (Å²) in [7, 11) is 0. The van der Waals surface area contributed by atoms with Crippen molar-refractivity contribution in [2.24, 2.45) is 0 Å². The van der Waals surface area contributed by atoms with Crippen LogP contribution in [0.1, 0.15) is 47.5 Å². The maximum absolute atomic E-state index is 12.0. The Morgan fingerprint density at radius 2 is 2.13 bits per heavy atom. The Hall–Kier alpha value is -2.18. The summed E-state index contributed by atoms with van der Waals surface area (Å²) in [5.41, 5.74) is 2.80. The van der Waals surface area contributed by atoms with Crippen molar-refractivity contribution >= 4 is 22.7 Å². The number of aryl methyl sites for hydroxylation is 1. The largest absolute Gasteiger partial charge is 0.464 e. The van der Waals surface area contributed by atoms with Gasteiger partial charge in [-0.05, 0) is 43.0 Å². The first-order chi connectivity index (χ1) is 11.0. The van der Waals surface area contributed by atoms with Gasteiger partial charge in [0.25, 0.3) is 0 Å². The minimum Gasteiger partial charge on any atom is -0.464 e. The fraction of sp³-hybridized carbons (Fsp3) is 0.412. The number of fused-ring (bicyclic) bond motifs is 3. The standard InChI is InChI=1S/C17H19NO5/c1-2-23-17(22)16(21)15(20)9-6-7-12-11(8-9)10-4-3-5-13(19)14(10)18-12/h6-8,15-16,18,20-21H,2-5H2,1H3. The number of esters is 1. The second-order valence-corrected chi connectivity index (χ2v) is 5.70. The van der Waals surface area contributed by atoms with Gasteiger partial charge < -0.3 is 19.9 Å². The van der Waals surface area contributed by atoms with Crippen LogP contribution < -0.4 is 0 Å². The van der Waals surface area contributed by atoms with Gasteiger partial charge in [-0.25, -0.2) is 4.79 Å². The van der Waals surface area contributed by atoms with E-state index in [1.54, 1.807) is 25.1 Å². The minimum atomic E-state index is -1.64. The third kappa shape index (κ3) is 2.75. The average molecular weight is 317 g/mol. The third-order valence-corrected chi connectivity index (χ3v) is 4.21. The molecule has 2 unspecified atom stereocenters. The molecular formula is C17H19NO5. The van der Waals surface area contributed by atoms with E-state index in [9.17, 15) is 19.8 Å². The van der Waals surface area contributed by atoms with Crippen molar-refractivity contribution in [2.75, 3.05) is 6.61 Å². The summed E-state index contributed by atoms with van der Waals surface area (Å²) >= 11 is 0. The van der Waals surface area contributed by atoms with E-state index in [4.69, 9.17) is 4.74 Å². The van der Waals surface area contributed by atoms with Crippen molar-refractivity contribution in [1.82, 2.24) is 4.98 Å². The highest BCUT2D eigenvalue weighted by atomic mass is 16.5. The molecule has 1 aromatic carbocycles. The number of ketones is 1. The molecule has 2 aromatic rings. The van der Waals surface area contributed by atoms with Crippen LogP contribution in [0.2, 0.25) is 0 Å². The molecule has 3 rings (SSSR count). The van der Waals surface area contributed by atoms with Gasteiger partial charge in [0, 0.05) is 17.3 Å². The van der Waals surface area contributed by atoms with Crippen molar-refractivity contribution in [3.63, 3.8) is 0 Å². The average Bonchev–Trinajstić information content (AvgIpc) is 2.93. The molecule has 0 saturated carbocycles. The Labute approximate surface area is 133 Å². The summed E-state index contributed by atoms with van der Waals surface area (Å²) in [4.78, 5) is 26.6. The van der Waals surface area contributed by atoms with Crippen LogP contribution in [-0.4, -0.2) is 39.7 Å². The number of hydrogen-bond donors (Lipinski definition) is 3. The summed E-state index contributed by atoms with van der Waals surface area (Å²) in [6.45, 7) is 1.77. The van der Waals surface area contributed by atoms with E-state index < -0.39 is 18.2 Å². The van der Waals surface area contributed by atoms with Crippen LogP contribution in [0.25, 0.3) is 10.9 Å². The third-order valence-electron chi connectivity index (χ3n) is 4.21. The first kappa shape index (κ1) is 15.7. The lowest BCUT2D eigenvalue weighted by molar-refractivity contribution is -0.159. The second kappa shape index (κ2) is 6.14. The summed E-state index contributed by atoms with van der Waals surface area (Å²) in [5.74, 6) is -0.762. The molecule has 6 nitrogen and oxygen atoms in total. The zero-order valence-corrected chi connectivity index (χ0v) is 12.8. The predicted octanol–water partition coefficient (Wildman–Crippen LogP) is 1.64. The monoisotopic (exact) mass is 317 g/mol. The molecule has 6 heteroatoms. The molecule has 0 fully saturated rings. The Morgan fingerprint density at radius 3 is 2.87 bits per heavy atom. The number of ether oxygens (including phenoxy) is 1. The second-order valence-electron chi connectivity index (χ2n) is 5.70. The Balaban J connectivity index is 1.96. The molecule has 0 spiro atoms. The highest BCUT2D eigenvalue weighted by Crippen LogP contribution is 2.31. The van der Waals surface area contributed by atoms with Crippen molar-refractivity contribution in [1.29, 1.82) is 0 Å². The maximum atomic E-state index is 12.0. The summed E-state index contributed by atoms with van der Waals surface area (Å²) in [6, 6.07) is 5.09. The number of hydrogen-bond acceptors (Lipinski definition) is 5. The molecule has 0 bridgehead atoms. The van der Waals surface area contributed by atoms with Crippen LogP contribution in [0.5, 0.6) is 0 Å². The van der Waals surface area contributed by atoms with Crippen LogP contribution in [0.3, 0.4) is 0 Å². The van der Waals surface area contributed by atoms with Gasteiger partial charge in [0.2, 0.25) is 0 Å². The maximum Gasteiger partial charge on any atom is 0.338 e. The van der Waals surface area contributed by atoms with E-state index in [1.807, 2.05) is 0 Å². The number of rotatable bonds is 4. The normalized spacial score (nSPS) is 16.9. The summed E-state index contributed by atoms with van der Waals surface area (Å²) in [5, 5.41) is 20.9. The van der Waals surface area contributed by atoms with Gasteiger partial charge in [-0.15, -0.1) is 0 Å². The number of aromatic nitrogens is 1. The van der Waals surface area contributed by atoms with Gasteiger partial charge in [-0.1, -0.05) is 6.07 Å². The molecule has 1 aliphatic rings. The lowest BCUT2D eigenvalue weighted by Gasteiger charge is -2.17. The van der Waals surface area contributed by atoms with E-state index in [0.717, 1.165) is 29.3 Å². The van der Waals surface area contributed by atoms with Gasteiger partial charge >= 0.3 is 5.97 Å². The van der Waals surface area contributed by atoms with Gasteiger partial charge in [-0.2, -0.15) is 0 Å². The van der Waals surface area contributed by atoms with Gasteiger partial charge in [-0.3, -0.25) is 4.79 Å². The topological polar surface area (TPSA) is 99.6 Å². The summed E-state index contributed by atoms with van der Waals surface area (Å²) in [6.07, 6.45) is -0.873. The molecule has 2 atom stereocenters. The number of H-pyrrole nitrogens is 1. The molecule has 1 aliphatic carbocycles. The first-order valence-corrected chi connectivity index (χ1v) is 7.73. The number of aliphatic hydroxyl groups excluding tert-OH is 2. The van der Waals surface area contributed by atoms with Crippen LogP contribution in [-0.2, 0) is 16.0 Å². The van der Waals surface area contributed by atoms with Crippen molar-refractivity contribution in [2.45, 2.75) is 38.4 Å². The molecule has 0 radical (unpaired) electrons. The number of carbonyl (C=O) groups is 2. The molecule has 0 amide bonds. The molecule has 23 heavy (non-hydrogen) atoms. The Bertz CT molecular complexity index is 764. The minimum absolute atomic E-state index is 0.0936. The van der Waals surface area contributed by atoms with Crippen molar-refractivity contribution in [3.05, 3.63) is 35.0 Å². The Morgan fingerprint density at radius 1 is 1.35 bits per heavy atom. The number of Topliss-reactive ketones (excluding diaryl/α,β-unsaturated/α-hetero) is 1. The van der Waals surface area contributed by atoms with Crippen molar-refractivity contribution in [3.8, 4) is 0 Å². The fourth-order valence-electron chi connectivity index (χ4n) is 3.04. The number of carbonyl (C=O) groups excluding carboxylic acids is 2. The molecule has 3 N–H and O–H groups in total.